The summed E-state index contributed by atoms with van der Waals surface area (Å²) in [6, 6.07) is 13.5. The molecule has 0 atom stereocenters. The Hall–Kier alpha value is -1.58. The first kappa shape index (κ1) is 13.8. The van der Waals surface area contributed by atoms with Crippen LogP contribution < -0.4 is 10.1 Å². The van der Waals surface area contributed by atoms with Crippen LogP contribution in [0.2, 0.25) is 5.02 Å². The summed E-state index contributed by atoms with van der Waals surface area (Å²) in [6.07, 6.45) is 2.66. The Morgan fingerprint density at radius 1 is 1.11 bits per heavy atom. The van der Waals surface area contributed by atoms with Crippen molar-refractivity contribution < 1.29 is 4.74 Å². The molecule has 4 heteroatoms. The predicted octanol–water partition coefficient (Wildman–Crippen LogP) is 3.29. The van der Waals surface area contributed by atoms with Crippen molar-refractivity contribution >= 4 is 11.6 Å². The summed E-state index contributed by atoms with van der Waals surface area (Å²) in [5, 5.41) is 4.15. The number of nitrogens with one attached hydrogen (secondary N) is 1. The number of nitrogens with zero attached hydrogens (tertiary/aromatic N) is 1. The first-order valence-corrected chi connectivity index (χ1v) is 6.72. The zero-order chi connectivity index (χ0) is 13.3. The monoisotopic (exact) mass is 276 g/mol. The summed E-state index contributed by atoms with van der Waals surface area (Å²) in [5.74, 6) is 0.675. The van der Waals surface area contributed by atoms with Gasteiger partial charge in [-0.1, -0.05) is 35.9 Å². The van der Waals surface area contributed by atoms with Crippen molar-refractivity contribution in [3.05, 3.63) is 59.2 Å². The van der Waals surface area contributed by atoms with E-state index in [9.17, 15) is 0 Å². The van der Waals surface area contributed by atoms with Crippen LogP contribution in [0.5, 0.6) is 5.88 Å². The highest BCUT2D eigenvalue weighted by Gasteiger charge is 1.98. The van der Waals surface area contributed by atoms with Gasteiger partial charge < -0.3 is 10.1 Å². The molecule has 0 aliphatic rings. The Balaban J connectivity index is 1.59. The number of rotatable bonds is 7. The molecule has 3 nitrogen and oxygen atoms in total. The molecule has 1 aromatic carbocycles. The average molecular weight is 277 g/mol. The summed E-state index contributed by atoms with van der Waals surface area (Å²) in [4.78, 5) is 4.10. The number of hydrogen-bond donors (Lipinski definition) is 1. The van der Waals surface area contributed by atoms with Crippen LogP contribution in [-0.4, -0.2) is 18.1 Å². The van der Waals surface area contributed by atoms with Gasteiger partial charge >= 0.3 is 0 Å². The minimum absolute atomic E-state index is 0.659. The molecule has 0 fully saturated rings. The van der Waals surface area contributed by atoms with E-state index in [1.807, 2.05) is 42.5 Å². The van der Waals surface area contributed by atoms with Crippen LogP contribution in [0.15, 0.2) is 48.7 Å². The first-order valence-electron chi connectivity index (χ1n) is 6.34. The van der Waals surface area contributed by atoms with E-state index in [1.54, 1.807) is 6.20 Å². The summed E-state index contributed by atoms with van der Waals surface area (Å²) in [7, 11) is 0. The van der Waals surface area contributed by atoms with Crippen molar-refractivity contribution in [2.75, 3.05) is 13.2 Å². The predicted molar refractivity (Wildman–Crippen MR) is 77.5 cm³/mol. The Bertz CT molecular complexity index is 491. The van der Waals surface area contributed by atoms with Gasteiger partial charge in [-0.2, -0.15) is 0 Å². The average Bonchev–Trinajstić information content (AvgIpc) is 2.45. The number of aromatic nitrogens is 1. The Morgan fingerprint density at radius 2 is 1.95 bits per heavy atom. The van der Waals surface area contributed by atoms with E-state index in [0.29, 0.717) is 12.5 Å². The van der Waals surface area contributed by atoms with E-state index in [1.165, 1.54) is 0 Å². The molecule has 1 N–H and O–H groups in total. The molecule has 0 bridgehead atoms. The number of benzene rings is 1. The minimum atomic E-state index is 0.659. The van der Waals surface area contributed by atoms with E-state index in [4.69, 9.17) is 16.3 Å². The number of halogens is 1. The molecule has 0 aliphatic heterocycles. The quantitative estimate of drug-likeness (QED) is 0.788. The molecule has 1 aromatic heterocycles. The van der Waals surface area contributed by atoms with Crippen molar-refractivity contribution in [2.24, 2.45) is 0 Å². The minimum Gasteiger partial charge on any atom is -0.478 e. The van der Waals surface area contributed by atoms with Crippen LogP contribution in [0.25, 0.3) is 0 Å². The maximum atomic E-state index is 6.07. The molecule has 100 valence electrons. The van der Waals surface area contributed by atoms with Gasteiger partial charge in [0.2, 0.25) is 5.88 Å². The largest absolute Gasteiger partial charge is 0.478 e. The standard InChI is InChI=1S/C15H17ClN2O/c16-14-7-2-1-6-13(14)12-17-9-5-11-19-15-8-3-4-10-18-15/h1-4,6-8,10,17H,5,9,11-12H2. The van der Waals surface area contributed by atoms with E-state index in [0.717, 1.165) is 30.1 Å². The van der Waals surface area contributed by atoms with Crippen LogP contribution in [0.4, 0.5) is 0 Å². The molecule has 2 aromatic rings. The summed E-state index contributed by atoms with van der Waals surface area (Å²) in [6.45, 7) is 2.33. The van der Waals surface area contributed by atoms with E-state index >= 15 is 0 Å². The third-order valence-electron chi connectivity index (χ3n) is 2.66. The number of hydrogen-bond acceptors (Lipinski definition) is 3. The molecule has 0 radical (unpaired) electrons. The van der Waals surface area contributed by atoms with Crippen molar-refractivity contribution in [1.29, 1.82) is 0 Å². The molecule has 0 unspecified atom stereocenters. The molecule has 0 amide bonds. The molecular weight excluding hydrogens is 260 g/mol. The van der Waals surface area contributed by atoms with E-state index in [2.05, 4.69) is 10.3 Å². The van der Waals surface area contributed by atoms with Crippen LogP contribution in [0.3, 0.4) is 0 Å². The summed E-state index contributed by atoms with van der Waals surface area (Å²) in [5.41, 5.74) is 1.12. The lowest BCUT2D eigenvalue weighted by Crippen LogP contribution is -2.17. The Labute approximate surface area is 118 Å². The van der Waals surface area contributed by atoms with Gasteiger partial charge in [-0.25, -0.2) is 4.98 Å². The molecular formula is C15H17ClN2O. The third kappa shape index (κ3) is 4.89. The Morgan fingerprint density at radius 3 is 2.74 bits per heavy atom. The third-order valence-corrected chi connectivity index (χ3v) is 3.03. The summed E-state index contributed by atoms with van der Waals surface area (Å²) >= 11 is 6.07. The molecule has 2 rings (SSSR count). The molecule has 19 heavy (non-hydrogen) atoms. The van der Waals surface area contributed by atoms with Gasteiger partial charge in [-0.05, 0) is 30.7 Å². The zero-order valence-corrected chi connectivity index (χ0v) is 11.4. The van der Waals surface area contributed by atoms with Crippen molar-refractivity contribution in [1.82, 2.24) is 10.3 Å². The molecule has 0 saturated carbocycles. The molecule has 0 spiro atoms. The van der Waals surface area contributed by atoms with E-state index < -0.39 is 0 Å². The van der Waals surface area contributed by atoms with Gasteiger partial charge in [0, 0.05) is 23.8 Å². The maximum Gasteiger partial charge on any atom is 0.213 e. The second-order valence-corrected chi connectivity index (χ2v) is 4.55. The lowest BCUT2D eigenvalue weighted by molar-refractivity contribution is 0.296. The highest BCUT2D eigenvalue weighted by atomic mass is 35.5. The lowest BCUT2D eigenvalue weighted by atomic mass is 10.2. The number of pyridine rings is 1. The van der Waals surface area contributed by atoms with Gasteiger partial charge in [-0.3, -0.25) is 0 Å². The smallest absolute Gasteiger partial charge is 0.213 e. The lowest BCUT2D eigenvalue weighted by Gasteiger charge is -2.07. The summed E-state index contributed by atoms with van der Waals surface area (Å²) < 4.78 is 5.50. The highest BCUT2D eigenvalue weighted by molar-refractivity contribution is 6.31. The van der Waals surface area contributed by atoms with Crippen molar-refractivity contribution in [3.63, 3.8) is 0 Å². The maximum absolute atomic E-state index is 6.07. The topological polar surface area (TPSA) is 34.1 Å². The second-order valence-electron chi connectivity index (χ2n) is 4.14. The zero-order valence-electron chi connectivity index (χ0n) is 10.7. The van der Waals surface area contributed by atoms with Crippen molar-refractivity contribution in [2.45, 2.75) is 13.0 Å². The van der Waals surface area contributed by atoms with Gasteiger partial charge in [0.25, 0.3) is 0 Å². The second kappa shape index (κ2) is 7.77. The fourth-order valence-electron chi connectivity index (χ4n) is 1.67. The molecule has 0 aliphatic carbocycles. The highest BCUT2D eigenvalue weighted by Crippen LogP contribution is 2.14. The van der Waals surface area contributed by atoms with Crippen LogP contribution in [0, 0.1) is 0 Å². The normalized spacial score (nSPS) is 10.4. The van der Waals surface area contributed by atoms with E-state index in [-0.39, 0.29) is 0 Å². The van der Waals surface area contributed by atoms with Crippen LogP contribution in [-0.2, 0) is 6.54 Å². The fourth-order valence-corrected chi connectivity index (χ4v) is 1.87. The SMILES string of the molecule is Clc1ccccc1CNCCCOc1ccccn1. The molecule has 1 heterocycles. The van der Waals surface area contributed by atoms with Crippen molar-refractivity contribution in [3.8, 4) is 5.88 Å². The van der Waals surface area contributed by atoms with Gasteiger partial charge in [0.15, 0.2) is 0 Å². The Kier molecular flexibility index (Phi) is 5.66. The van der Waals surface area contributed by atoms with Gasteiger partial charge in [-0.15, -0.1) is 0 Å². The first-order chi connectivity index (χ1) is 9.36. The fraction of sp³-hybridized carbons (Fsp3) is 0.267. The van der Waals surface area contributed by atoms with Crippen LogP contribution in [0.1, 0.15) is 12.0 Å². The molecule has 0 saturated heterocycles. The number of ether oxygens (including phenoxy) is 1. The van der Waals surface area contributed by atoms with Gasteiger partial charge in [0.05, 0.1) is 6.61 Å². The van der Waals surface area contributed by atoms with Crippen LogP contribution >= 0.6 is 11.6 Å². The van der Waals surface area contributed by atoms with Gasteiger partial charge in [0.1, 0.15) is 0 Å².